The predicted molar refractivity (Wildman–Crippen MR) is 63.6 cm³/mol. The van der Waals surface area contributed by atoms with E-state index in [1.165, 1.54) is 32.1 Å². The minimum absolute atomic E-state index is 0.699. The van der Waals surface area contributed by atoms with Crippen LogP contribution in [0.25, 0.3) is 0 Å². The summed E-state index contributed by atoms with van der Waals surface area (Å²) >= 11 is 0. The molecule has 1 saturated carbocycles. The van der Waals surface area contributed by atoms with Crippen molar-refractivity contribution in [2.75, 3.05) is 0 Å². The number of rotatable bonds is 2. The molecule has 1 rings (SSSR count). The normalized spacial score (nSPS) is 20.6. The van der Waals surface area contributed by atoms with Gasteiger partial charge in [0.25, 0.3) is 0 Å². The van der Waals surface area contributed by atoms with Crippen LogP contribution in [0, 0.1) is 17.2 Å². The Kier molecular flexibility index (Phi) is 3.94. The highest BCUT2D eigenvalue weighted by molar-refractivity contribution is 6.84. The van der Waals surface area contributed by atoms with Gasteiger partial charge in [0, 0.05) is 5.20 Å². The third kappa shape index (κ3) is 3.30. The van der Waals surface area contributed by atoms with E-state index in [9.17, 15) is 0 Å². The minimum Gasteiger partial charge on any atom is -0.193 e. The van der Waals surface area contributed by atoms with Gasteiger partial charge >= 0.3 is 0 Å². The molecule has 0 aromatic heterocycles. The molecule has 0 heterocycles. The second-order valence-electron chi connectivity index (χ2n) is 5.34. The van der Waals surface area contributed by atoms with E-state index in [1.54, 1.807) is 0 Å². The summed E-state index contributed by atoms with van der Waals surface area (Å²) in [5.41, 5.74) is 0. The summed E-state index contributed by atoms with van der Waals surface area (Å²) in [6, 6.07) is 2.41. The summed E-state index contributed by atoms with van der Waals surface area (Å²) in [6.07, 6.45) is 8.98. The topological polar surface area (TPSA) is 23.8 Å². The molecule has 0 aromatic rings. The number of allylic oxidation sites excluding steroid dienone is 2. The Bertz CT molecular complexity index is 248. The summed E-state index contributed by atoms with van der Waals surface area (Å²) in [7, 11) is -1.37. The maximum atomic E-state index is 9.11. The van der Waals surface area contributed by atoms with E-state index in [0.717, 1.165) is 5.20 Å². The van der Waals surface area contributed by atoms with Gasteiger partial charge in [0.1, 0.15) is 0 Å². The van der Waals surface area contributed by atoms with Crippen molar-refractivity contribution in [3.8, 4) is 6.07 Å². The van der Waals surface area contributed by atoms with Crippen LogP contribution in [0.5, 0.6) is 0 Å². The number of hydrogen-bond donors (Lipinski definition) is 0. The first-order valence-corrected chi connectivity index (χ1v) is 9.16. The second-order valence-corrected chi connectivity index (χ2v) is 10.4. The lowest BCUT2D eigenvalue weighted by atomic mass is 9.89. The van der Waals surface area contributed by atoms with Crippen LogP contribution in [-0.4, -0.2) is 8.07 Å². The van der Waals surface area contributed by atoms with Crippen molar-refractivity contribution in [2.24, 2.45) is 5.92 Å². The molecule has 1 fully saturated rings. The van der Waals surface area contributed by atoms with Gasteiger partial charge in [-0.2, -0.15) is 5.26 Å². The van der Waals surface area contributed by atoms with Gasteiger partial charge in [-0.05, 0) is 18.8 Å². The summed E-state index contributed by atoms with van der Waals surface area (Å²) in [6.45, 7) is 6.76. The zero-order chi connectivity index (χ0) is 10.6. The van der Waals surface area contributed by atoms with Crippen molar-refractivity contribution < 1.29 is 0 Å². The Morgan fingerprint density at radius 1 is 1.21 bits per heavy atom. The van der Waals surface area contributed by atoms with Crippen LogP contribution >= 0.6 is 0 Å². The molecule has 1 aliphatic carbocycles. The first kappa shape index (κ1) is 11.5. The quantitative estimate of drug-likeness (QED) is 0.498. The monoisotopic (exact) mass is 207 g/mol. The van der Waals surface area contributed by atoms with E-state index in [4.69, 9.17) is 5.26 Å². The fourth-order valence-electron chi connectivity index (χ4n) is 1.99. The van der Waals surface area contributed by atoms with Gasteiger partial charge in [-0.15, -0.1) is 0 Å². The molecular formula is C12H21NSi. The molecule has 0 saturated heterocycles. The molecular weight excluding hydrogens is 186 g/mol. The van der Waals surface area contributed by atoms with Gasteiger partial charge in [0.15, 0.2) is 0 Å². The predicted octanol–water partition coefficient (Wildman–Crippen LogP) is 3.89. The summed E-state index contributed by atoms with van der Waals surface area (Å²) in [5.74, 6) is 0.699. The lowest BCUT2D eigenvalue weighted by molar-refractivity contribution is 0.419. The smallest absolute Gasteiger partial charge is 0.0907 e. The molecule has 1 nitrogen and oxygen atoms in total. The summed E-state index contributed by atoms with van der Waals surface area (Å²) in [5, 5.41) is 10.2. The lowest BCUT2D eigenvalue weighted by Gasteiger charge is -2.21. The largest absolute Gasteiger partial charge is 0.193 e. The second kappa shape index (κ2) is 4.79. The van der Waals surface area contributed by atoms with Crippen LogP contribution in [0.4, 0.5) is 0 Å². The van der Waals surface area contributed by atoms with E-state index < -0.39 is 8.07 Å². The molecule has 0 N–H and O–H groups in total. The van der Waals surface area contributed by atoms with Gasteiger partial charge in [-0.25, -0.2) is 0 Å². The zero-order valence-electron chi connectivity index (χ0n) is 9.64. The Morgan fingerprint density at radius 3 is 2.21 bits per heavy atom. The average molecular weight is 207 g/mol. The van der Waals surface area contributed by atoms with Crippen LogP contribution in [0.2, 0.25) is 19.6 Å². The van der Waals surface area contributed by atoms with Crippen molar-refractivity contribution in [1.82, 2.24) is 0 Å². The first-order valence-electron chi connectivity index (χ1n) is 5.66. The van der Waals surface area contributed by atoms with Crippen molar-refractivity contribution >= 4 is 8.07 Å². The average Bonchev–Trinajstić information content (AvgIpc) is 2.14. The fourth-order valence-corrected chi connectivity index (χ4v) is 3.06. The van der Waals surface area contributed by atoms with E-state index >= 15 is 0 Å². The van der Waals surface area contributed by atoms with Crippen LogP contribution in [0.3, 0.4) is 0 Å². The van der Waals surface area contributed by atoms with Gasteiger partial charge in [-0.1, -0.05) is 45.0 Å². The van der Waals surface area contributed by atoms with Crippen molar-refractivity contribution in [1.29, 1.82) is 5.26 Å². The maximum absolute atomic E-state index is 9.11. The highest BCUT2D eigenvalue weighted by Gasteiger charge is 2.21. The molecule has 0 aromatic carbocycles. The van der Waals surface area contributed by atoms with E-state index in [-0.39, 0.29) is 0 Å². The SMILES string of the molecule is C[Si](C)(C)/C(C#N)=C\C1CCCCC1. The lowest BCUT2D eigenvalue weighted by Crippen LogP contribution is -2.24. The van der Waals surface area contributed by atoms with Crippen LogP contribution in [0.1, 0.15) is 32.1 Å². The molecule has 1 aliphatic rings. The molecule has 0 bridgehead atoms. The standard InChI is InChI=1S/C12H21NSi/c1-14(2,3)12(10-13)9-11-7-5-4-6-8-11/h9,11H,4-8H2,1-3H3/b12-9-. The maximum Gasteiger partial charge on any atom is 0.0907 e. The van der Waals surface area contributed by atoms with Crippen molar-refractivity contribution in [3.05, 3.63) is 11.3 Å². The Labute approximate surface area is 88.8 Å². The van der Waals surface area contributed by atoms with Gasteiger partial charge in [-0.3, -0.25) is 0 Å². The van der Waals surface area contributed by atoms with Crippen LogP contribution in [0.15, 0.2) is 11.3 Å². The molecule has 0 atom stereocenters. The van der Waals surface area contributed by atoms with E-state index in [0.29, 0.717) is 5.92 Å². The van der Waals surface area contributed by atoms with Crippen LogP contribution in [-0.2, 0) is 0 Å². The summed E-state index contributed by atoms with van der Waals surface area (Å²) < 4.78 is 0. The first-order chi connectivity index (χ1) is 6.54. The summed E-state index contributed by atoms with van der Waals surface area (Å²) in [4.78, 5) is 0. The molecule has 2 heteroatoms. The highest BCUT2D eigenvalue weighted by Crippen LogP contribution is 2.27. The van der Waals surface area contributed by atoms with E-state index in [2.05, 4.69) is 31.8 Å². The van der Waals surface area contributed by atoms with Gasteiger partial charge in [0.05, 0.1) is 14.1 Å². The fraction of sp³-hybridized carbons (Fsp3) is 0.750. The molecule has 0 spiro atoms. The molecule has 0 unspecified atom stereocenters. The van der Waals surface area contributed by atoms with Crippen molar-refractivity contribution in [3.63, 3.8) is 0 Å². The van der Waals surface area contributed by atoms with E-state index in [1.807, 2.05) is 0 Å². The highest BCUT2D eigenvalue weighted by atomic mass is 28.3. The third-order valence-electron chi connectivity index (χ3n) is 2.98. The number of nitrogens with zero attached hydrogens (tertiary/aromatic N) is 1. The molecule has 0 amide bonds. The van der Waals surface area contributed by atoms with Gasteiger partial charge in [0.2, 0.25) is 0 Å². The van der Waals surface area contributed by atoms with Crippen molar-refractivity contribution in [2.45, 2.75) is 51.7 Å². The number of hydrogen-bond acceptors (Lipinski definition) is 1. The third-order valence-corrected chi connectivity index (χ3v) is 4.88. The number of nitriles is 1. The van der Waals surface area contributed by atoms with Gasteiger partial charge < -0.3 is 0 Å². The molecule has 0 aliphatic heterocycles. The Morgan fingerprint density at radius 2 is 1.79 bits per heavy atom. The zero-order valence-corrected chi connectivity index (χ0v) is 10.6. The Balaban J connectivity index is 2.68. The molecule has 14 heavy (non-hydrogen) atoms. The Hall–Kier alpha value is -0.553. The molecule has 0 radical (unpaired) electrons. The molecule has 78 valence electrons. The minimum atomic E-state index is -1.37. The van der Waals surface area contributed by atoms with Crippen LogP contribution < -0.4 is 0 Å².